The molecule has 22 heavy (non-hydrogen) atoms. The normalized spacial score (nSPS) is 18.3. The summed E-state index contributed by atoms with van der Waals surface area (Å²) in [5.74, 6) is -0.212. The second-order valence-corrected chi connectivity index (χ2v) is 5.91. The molecule has 1 heterocycles. The van der Waals surface area contributed by atoms with Crippen LogP contribution in [0.4, 0.5) is 0 Å². The lowest BCUT2D eigenvalue weighted by molar-refractivity contribution is -0.127. The van der Waals surface area contributed by atoms with Crippen LogP contribution in [0, 0.1) is 0 Å². The highest BCUT2D eigenvalue weighted by atomic mass is 16.2. The summed E-state index contributed by atoms with van der Waals surface area (Å²) in [5, 5.41) is 0. The largest absolute Gasteiger partial charge is 0.339 e. The summed E-state index contributed by atoms with van der Waals surface area (Å²) in [6, 6.07) is 0. The predicted octanol–water partition coefficient (Wildman–Crippen LogP) is 3.33. The Morgan fingerprint density at radius 2 is 1.77 bits per heavy atom. The number of rotatable bonds is 3. The average Bonchev–Trinajstić information content (AvgIpc) is 2.47. The number of ketones is 1. The molecule has 1 rings (SSSR count). The quantitative estimate of drug-likeness (QED) is 0.751. The molecule has 0 aromatic heterocycles. The van der Waals surface area contributed by atoms with Crippen LogP contribution >= 0.6 is 0 Å². The van der Waals surface area contributed by atoms with E-state index in [0.717, 1.165) is 58.2 Å². The fourth-order valence-electron chi connectivity index (χ4n) is 2.36. The maximum absolute atomic E-state index is 12.5. The van der Waals surface area contributed by atoms with E-state index in [1.165, 1.54) is 6.08 Å². The number of hydrogen-bond donors (Lipinski definition) is 0. The number of aliphatic imine (C=N–C) groups is 1. The molecule has 0 fully saturated rings. The molecular formula is C18H28N2O2. The zero-order valence-corrected chi connectivity index (χ0v) is 13.9. The fraction of sp³-hybridized carbons (Fsp3) is 0.611. The van der Waals surface area contributed by atoms with Crippen LogP contribution in [-0.2, 0) is 9.59 Å². The molecule has 0 aliphatic carbocycles. The van der Waals surface area contributed by atoms with Crippen LogP contribution in [0.25, 0.3) is 0 Å². The maximum atomic E-state index is 12.5. The Balaban J connectivity index is 2.69. The van der Waals surface area contributed by atoms with Crippen molar-refractivity contribution in [2.45, 2.75) is 52.4 Å². The van der Waals surface area contributed by atoms with E-state index < -0.39 is 0 Å². The molecule has 1 aliphatic heterocycles. The molecule has 0 bridgehead atoms. The van der Waals surface area contributed by atoms with E-state index in [0.29, 0.717) is 11.1 Å². The van der Waals surface area contributed by atoms with Gasteiger partial charge in [0, 0.05) is 25.2 Å². The Bertz CT molecular complexity index is 464. The lowest BCUT2D eigenvalue weighted by atomic mass is 10.1. The van der Waals surface area contributed by atoms with Gasteiger partial charge in [-0.1, -0.05) is 19.4 Å². The van der Waals surface area contributed by atoms with Crippen molar-refractivity contribution in [3.05, 3.63) is 23.8 Å². The number of hydrogen-bond acceptors (Lipinski definition) is 3. The smallest absolute Gasteiger partial charge is 0.249 e. The van der Waals surface area contributed by atoms with Crippen molar-refractivity contribution in [1.29, 1.82) is 0 Å². The summed E-state index contributed by atoms with van der Waals surface area (Å²) in [6.07, 6.45) is 9.59. The van der Waals surface area contributed by atoms with Gasteiger partial charge in [0.1, 0.15) is 0 Å². The first-order valence-electron chi connectivity index (χ1n) is 8.18. The van der Waals surface area contributed by atoms with Crippen molar-refractivity contribution in [2.24, 2.45) is 4.99 Å². The third kappa shape index (κ3) is 6.83. The molecule has 0 saturated carbocycles. The van der Waals surface area contributed by atoms with E-state index in [1.807, 2.05) is 11.1 Å². The monoisotopic (exact) mass is 304 g/mol. The minimum absolute atomic E-state index is 0.0383. The van der Waals surface area contributed by atoms with Gasteiger partial charge in [-0.2, -0.15) is 0 Å². The topological polar surface area (TPSA) is 49.7 Å². The van der Waals surface area contributed by atoms with Crippen molar-refractivity contribution in [1.82, 2.24) is 4.90 Å². The fourth-order valence-corrected chi connectivity index (χ4v) is 2.36. The summed E-state index contributed by atoms with van der Waals surface area (Å²) >= 11 is 0. The zero-order chi connectivity index (χ0) is 16.4. The van der Waals surface area contributed by atoms with Crippen LogP contribution in [0.3, 0.4) is 0 Å². The molecule has 0 aromatic carbocycles. The molecule has 4 nitrogen and oxygen atoms in total. The van der Waals surface area contributed by atoms with Gasteiger partial charge in [0.25, 0.3) is 0 Å². The van der Waals surface area contributed by atoms with E-state index in [9.17, 15) is 9.59 Å². The van der Waals surface area contributed by atoms with Crippen LogP contribution in [0.2, 0.25) is 0 Å². The van der Waals surface area contributed by atoms with Crippen LogP contribution in [0.5, 0.6) is 0 Å². The van der Waals surface area contributed by atoms with E-state index in [4.69, 9.17) is 0 Å². The molecule has 4 heteroatoms. The predicted molar refractivity (Wildman–Crippen MR) is 91.2 cm³/mol. The van der Waals surface area contributed by atoms with Gasteiger partial charge in [-0.15, -0.1) is 0 Å². The molecule has 122 valence electrons. The Hall–Kier alpha value is -1.71. The van der Waals surface area contributed by atoms with Gasteiger partial charge in [-0.05, 0) is 57.4 Å². The first-order chi connectivity index (χ1) is 10.5. The molecule has 0 radical (unpaired) electrons. The minimum Gasteiger partial charge on any atom is -0.339 e. The Morgan fingerprint density at radius 1 is 1.09 bits per heavy atom. The van der Waals surface area contributed by atoms with E-state index in [2.05, 4.69) is 11.6 Å². The molecule has 0 N–H and O–H groups in total. The highest BCUT2D eigenvalue weighted by molar-refractivity contribution is 6.08. The van der Waals surface area contributed by atoms with Gasteiger partial charge >= 0.3 is 0 Å². The molecule has 1 amide bonds. The van der Waals surface area contributed by atoms with Crippen molar-refractivity contribution in [3.8, 4) is 0 Å². The number of amides is 1. The number of allylic oxidation sites excluding steroid dienone is 2. The van der Waals surface area contributed by atoms with E-state index in [-0.39, 0.29) is 11.7 Å². The highest BCUT2D eigenvalue weighted by Gasteiger charge is 2.15. The van der Waals surface area contributed by atoms with Gasteiger partial charge in [-0.3, -0.25) is 14.6 Å². The third-order valence-corrected chi connectivity index (χ3v) is 3.75. The summed E-state index contributed by atoms with van der Waals surface area (Å²) in [4.78, 5) is 30.4. The Labute approximate surface area is 134 Å². The minimum atomic E-state index is -0.174. The summed E-state index contributed by atoms with van der Waals surface area (Å²) in [6.45, 7) is 9.39. The van der Waals surface area contributed by atoms with Gasteiger partial charge in [0.2, 0.25) is 5.91 Å². The summed E-state index contributed by atoms with van der Waals surface area (Å²) < 4.78 is 0. The first kappa shape index (κ1) is 18.3. The molecule has 0 unspecified atom stereocenters. The Kier molecular flexibility index (Phi) is 8.41. The molecule has 0 spiro atoms. The Morgan fingerprint density at radius 3 is 2.50 bits per heavy atom. The second-order valence-electron chi connectivity index (χ2n) is 5.91. The first-order valence-corrected chi connectivity index (χ1v) is 8.18. The van der Waals surface area contributed by atoms with Crippen molar-refractivity contribution in [2.75, 3.05) is 19.6 Å². The number of carbonyl (C=O) groups is 2. The molecular weight excluding hydrogens is 276 g/mol. The van der Waals surface area contributed by atoms with Crippen LogP contribution in [0.1, 0.15) is 52.4 Å². The van der Waals surface area contributed by atoms with E-state index >= 15 is 0 Å². The lowest BCUT2D eigenvalue weighted by Gasteiger charge is -2.23. The highest BCUT2D eigenvalue weighted by Crippen LogP contribution is 2.09. The van der Waals surface area contributed by atoms with E-state index in [1.54, 1.807) is 13.8 Å². The molecule has 0 atom stereocenters. The van der Waals surface area contributed by atoms with Crippen molar-refractivity contribution < 1.29 is 9.59 Å². The number of carbonyl (C=O) groups excluding carboxylic acids is 2. The van der Waals surface area contributed by atoms with Gasteiger partial charge in [-0.25, -0.2) is 0 Å². The van der Waals surface area contributed by atoms with Crippen LogP contribution in [0.15, 0.2) is 28.8 Å². The maximum Gasteiger partial charge on any atom is 0.249 e. The van der Waals surface area contributed by atoms with Crippen molar-refractivity contribution >= 4 is 17.9 Å². The average molecular weight is 304 g/mol. The zero-order valence-electron chi connectivity index (χ0n) is 13.9. The van der Waals surface area contributed by atoms with Gasteiger partial charge < -0.3 is 4.90 Å². The number of nitrogens with zero attached hydrogens (tertiary/aromatic N) is 2. The molecule has 1 aliphatic rings. The van der Waals surface area contributed by atoms with Crippen molar-refractivity contribution in [3.63, 3.8) is 0 Å². The van der Waals surface area contributed by atoms with Crippen LogP contribution in [-0.4, -0.2) is 42.4 Å². The van der Waals surface area contributed by atoms with Gasteiger partial charge in [0.15, 0.2) is 5.78 Å². The standard InChI is InChI=1S/C18H28N2O2/c1-15(2)17(21)14-16(3)18(22)20-12-8-5-4-6-10-19-11-7-9-13-20/h11,14H,1,4-10,12-13H2,2-3H3/b16-14+,19-11?. The molecule has 0 aromatic rings. The van der Waals surface area contributed by atoms with Gasteiger partial charge in [0.05, 0.1) is 0 Å². The SMILES string of the molecule is C=C(C)C(=O)/C=C(\C)C(=O)N1CCCC=NCCCCCC1. The summed E-state index contributed by atoms with van der Waals surface area (Å²) in [5.41, 5.74) is 0.950. The third-order valence-electron chi connectivity index (χ3n) is 3.75. The molecule has 0 saturated heterocycles. The second kappa shape index (κ2) is 10.1. The van der Waals surface area contributed by atoms with Crippen LogP contribution < -0.4 is 0 Å². The lowest BCUT2D eigenvalue weighted by Crippen LogP contribution is -2.34. The summed E-state index contributed by atoms with van der Waals surface area (Å²) in [7, 11) is 0.